The first kappa shape index (κ1) is 38.5. The quantitative estimate of drug-likeness (QED) is 0.187. The van der Waals surface area contributed by atoms with Gasteiger partial charge in [0.05, 0.1) is 39.4 Å². The molecule has 324 valence electrons. The van der Waals surface area contributed by atoms with Crippen LogP contribution in [0.25, 0.3) is 82.4 Å². The summed E-state index contributed by atoms with van der Waals surface area (Å²) in [6, 6.07) is 66.9. The SMILES string of the molecule is Cc1ccc2c3ccccc3n(-c3ccccc3)c2c1C1=C(NC2=NC3C(N=CN3c3ccccc3)C(n3c4ccccc4c4c3ccc3c5ccccc5n(-c5ccccc5)c34)=N2)CCC=C1. The third-order valence-corrected chi connectivity index (χ3v) is 14.2. The molecule has 0 amide bonds. The molecule has 2 unspecified atom stereocenters. The fourth-order valence-electron chi connectivity index (χ4n) is 11.3. The molecule has 8 aromatic carbocycles. The van der Waals surface area contributed by atoms with E-state index in [1.807, 2.05) is 6.34 Å². The van der Waals surface area contributed by atoms with Crippen LogP contribution in [-0.2, 0) is 0 Å². The molecule has 0 radical (unpaired) electrons. The number of para-hydroxylation sites is 6. The molecule has 0 fully saturated rings. The van der Waals surface area contributed by atoms with E-state index in [4.69, 9.17) is 15.0 Å². The fourth-order valence-corrected chi connectivity index (χ4v) is 11.3. The summed E-state index contributed by atoms with van der Waals surface area (Å²) < 4.78 is 7.22. The zero-order valence-corrected chi connectivity index (χ0v) is 37.3. The maximum atomic E-state index is 5.61. The second kappa shape index (κ2) is 15.2. The van der Waals surface area contributed by atoms with E-state index in [1.54, 1.807) is 0 Å². The van der Waals surface area contributed by atoms with E-state index in [0.29, 0.717) is 5.96 Å². The van der Waals surface area contributed by atoms with Gasteiger partial charge in [0.1, 0.15) is 5.84 Å². The summed E-state index contributed by atoms with van der Waals surface area (Å²) in [5, 5.41) is 11.1. The standard InChI is InChI=1S/C60H44N8/c1-38-33-34-44-42-25-12-16-30-49(42)66(40-21-7-3-8-22-40)56(44)53(38)46-27-11-15-29-48(46)62-60-63-58-55(61-37-65(58)39-19-5-2-6-20-39)59(64-60)68-51-32-18-14-28-47(51)54-52(68)36-35-45-43-26-13-17-31-50(43)67(57(45)54)41-23-9-4-10-24-41/h2-14,16-28,30-37,55,58H,15,29H2,1H3,(H,62,63). The van der Waals surface area contributed by atoms with Crippen LogP contribution >= 0.6 is 0 Å². The lowest BCUT2D eigenvalue weighted by molar-refractivity contribution is 0.659. The number of aliphatic imine (C=N–C) groups is 3. The normalized spacial score (nSPS) is 17.0. The Labute approximate surface area is 392 Å². The predicted octanol–water partition coefficient (Wildman–Crippen LogP) is 13.5. The van der Waals surface area contributed by atoms with Gasteiger partial charge in [0.15, 0.2) is 12.2 Å². The maximum absolute atomic E-state index is 5.61. The van der Waals surface area contributed by atoms with Crippen LogP contribution in [-0.4, -0.2) is 44.0 Å². The number of aromatic nitrogens is 3. The van der Waals surface area contributed by atoms with Gasteiger partial charge in [0.2, 0.25) is 5.96 Å². The Kier molecular flexibility index (Phi) is 8.58. The zero-order valence-electron chi connectivity index (χ0n) is 37.3. The molecule has 8 heteroatoms. The number of hydrogen-bond donors (Lipinski definition) is 1. The van der Waals surface area contributed by atoms with Crippen molar-refractivity contribution < 1.29 is 0 Å². The van der Waals surface area contributed by atoms with Crippen molar-refractivity contribution >= 4 is 94.8 Å². The van der Waals surface area contributed by atoms with E-state index in [9.17, 15) is 0 Å². The minimum absolute atomic E-state index is 0.378. The molecular formula is C60H44N8. The van der Waals surface area contributed by atoms with Crippen LogP contribution in [0.3, 0.4) is 0 Å². The first-order valence-electron chi connectivity index (χ1n) is 23.5. The molecule has 3 aliphatic rings. The van der Waals surface area contributed by atoms with Crippen LogP contribution in [0, 0.1) is 6.92 Å². The van der Waals surface area contributed by atoms with Crippen molar-refractivity contribution in [2.75, 3.05) is 4.90 Å². The van der Waals surface area contributed by atoms with Crippen molar-refractivity contribution in [2.24, 2.45) is 15.0 Å². The van der Waals surface area contributed by atoms with Gasteiger partial charge in [0.25, 0.3) is 0 Å². The lowest BCUT2D eigenvalue weighted by atomic mass is 9.91. The molecule has 0 bridgehead atoms. The van der Waals surface area contributed by atoms with E-state index in [-0.39, 0.29) is 12.2 Å². The second-order valence-electron chi connectivity index (χ2n) is 18.0. The van der Waals surface area contributed by atoms with E-state index < -0.39 is 0 Å². The predicted molar refractivity (Wildman–Crippen MR) is 283 cm³/mol. The molecule has 2 atom stereocenters. The highest BCUT2D eigenvalue weighted by Crippen LogP contribution is 2.43. The lowest BCUT2D eigenvalue weighted by Crippen LogP contribution is -2.46. The van der Waals surface area contributed by atoms with Gasteiger partial charge in [-0.15, -0.1) is 0 Å². The highest BCUT2D eigenvalue weighted by atomic mass is 15.4. The lowest BCUT2D eigenvalue weighted by Gasteiger charge is -2.30. The molecule has 0 saturated heterocycles. The Morgan fingerprint density at radius 2 is 1.07 bits per heavy atom. The molecule has 3 aromatic heterocycles. The van der Waals surface area contributed by atoms with Gasteiger partial charge in [-0.1, -0.05) is 140 Å². The molecule has 0 spiro atoms. The van der Waals surface area contributed by atoms with Crippen LogP contribution in [0.4, 0.5) is 5.69 Å². The molecule has 0 saturated carbocycles. The average Bonchev–Trinajstić information content (AvgIpc) is 4.16. The first-order valence-corrected chi connectivity index (χ1v) is 23.5. The molecule has 1 aliphatic carbocycles. The van der Waals surface area contributed by atoms with Crippen LogP contribution in [0.2, 0.25) is 0 Å². The van der Waals surface area contributed by atoms with Gasteiger partial charge in [-0.2, -0.15) is 4.99 Å². The van der Waals surface area contributed by atoms with E-state index >= 15 is 0 Å². The van der Waals surface area contributed by atoms with Crippen LogP contribution in [0.1, 0.15) is 24.0 Å². The second-order valence-corrected chi connectivity index (χ2v) is 18.0. The summed E-state index contributed by atoms with van der Waals surface area (Å²) in [4.78, 5) is 18.6. The summed E-state index contributed by atoms with van der Waals surface area (Å²) in [7, 11) is 0. The monoisotopic (exact) mass is 876 g/mol. The van der Waals surface area contributed by atoms with Gasteiger partial charge in [-0.3, -0.25) is 9.56 Å². The third-order valence-electron chi connectivity index (χ3n) is 14.2. The number of fused-ring (bicyclic) bond motifs is 11. The number of aryl methyl sites for hydroxylation is 1. The van der Waals surface area contributed by atoms with E-state index in [2.05, 4.69) is 231 Å². The largest absolute Gasteiger partial charge is 0.327 e. The van der Waals surface area contributed by atoms with Crippen molar-refractivity contribution in [3.8, 4) is 11.4 Å². The summed E-state index contributed by atoms with van der Waals surface area (Å²) >= 11 is 0. The zero-order chi connectivity index (χ0) is 44.9. The molecular weight excluding hydrogens is 833 g/mol. The molecule has 1 N–H and O–H groups in total. The topological polar surface area (TPSA) is 67.1 Å². The third kappa shape index (κ3) is 5.70. The Bertz CT molecular complexity index is 4010. The Balaban J connectivity index is 1.00. The van der Waals surface area contributed by atoms with E-state index in [0.717, 1.165) is 63.4 Å². The summed E-state index contributed by atoms with van der Waals surface area (Å²) in [5.41, 5.74) is 14.8. The van der Waals surface area contributed by atoms with Crippen molar-refractivity contribution in [1.82, 2.24) is 19.0 Å². The number of allylic oxidation sites excluding steroid dienone is 4. The number of hydrogen-bond acceptors (Lipinski definition) is 5. The highest BCUT2D eigenvalue weighted by molar-refractivity contribution is 6.28. The summed E-state index contributed by atoms with van der Waals surface area (Å²) in [6.07, 6.45) is 7.88. The number of nitrogens with zero attached hydrogens (tertiary/aromatic N) is 7. The van der Waals surface area contributed by atoms with Gasteiger partial charge in [-0.25, -0.2) is 4.99 Å². The van der Waals surface area contributed by atoms with Crippen molar-refractivity contribution in [3.05, 3.63) is 217 Å². The molecule has 68 heavy (non-hydrogen) atoms. The Morgan fingerprint density at radius 1 is 0.515 bits per heavy atom. The fraction of sp³-hybridized carbons (Fsp3) is 0.0833. The molecule has 11 aromatic rings. The maximum Gasteiger partial charge on any atom is 0.226 e. The first-order chi connectivity index (χ1) is 33.7. The van der Waals surface area contributed by atoms with Gasteiger partial charge in [0, 0.05) is 66.2 Å². The smallest absolute Gasteiger partial charge is 0.226 e. The minimum atomic E-state index is -0.382. The Morgan fingerprint density at radius 3 is 1.75 bits per heavy atom. The molecule has 5 heterocycles. The van der Waals surface area contributed by atoms with Gasteiger partial charge >= 0.3 is 0 Å². The minimum Gasteiger partial charge on any atom is -0.327 e. The van der Waals surface area contributed by atoms with Crippen LogP contribution in [0.5, 0.6) is 0 Å². The number of rotatable bonds is 5. The van der Waals surface area contributed by atoms with E-state index in [1.165, 1.54) is 60.1 Å². The summed E-state index contributed by atoms with van der Waals surface area (Å²) in [5.74, 6) is 1.39. The van der Waals surface area contributed by atoms with Crippen LogP contribution in [0.15, 0.2) is 221 Å². The van der Waals surface area contributed by atoms with Gasteiger partial charge < -0.3 is 19.4 Å². The molecule has 2 aliphatic heterocycles. The number of guanidine groups is 1. The number of anilines is 1. The summed E-state index contributed by atoms with van der Waals surface area (Å²) in [6.45, 7) is 2.23. The van der Waals surface area contributed by atoms with Crippen LogP contribution < -0.4 is 10.2 Å². The molecule has 14 rings (SSSR count). The average molecular weight is 877 g/mol. The number of benzene rings is 8. The Hall–Kier alpha value is -8.75. The van der Waals surface area contributed by atoms with Crippen molar-refractivity contribution in [3.63, 3.8) is 0 Å². The van der Waals surface area contributed by atoms with Crippen molar-refractivity contribution in [2.45, 2.75) is 32.0 Å². The van der Waals surface area contributed by atoms with Gasteiger partial charge in [-0.05, 0) is 86.0 Å². The van der Waals surface area contributed by atoms with Crippen molar-refractivity contribution in [1.29, 1.82) is 0 Å². The highest BCUT2D eigenvalue weighted by Gasteiger charge is 2.41. The molecule has 8 nitrogen and oxygen atoms in total. The number of nitrogens with one attached hydrogen (secondary N) is 1.